The van der Waals surface area contributed by atoms with Crippen molar-refractivity contribution in [1.29, 1.82) is 0 Å². The van der Waals surface area contributed by atoms with Crippen molar-refractivity contribution in [3.05, 3.63) is 58.4 Å². The maximum Gasteiger partial charge on any atom is 0.243 e. The summed E-state index contributed by atoms with van der Waals surface area (Å²) in [6.07, 6.45) is 0.810. The number of aryl methyl sites for hydroxylation is 4. The smallest absolute Gasteiger partial charge is 0.243 e. The van der Waals surface area contributed by atoms with Gasteiger partial charge in [-0.3, -0.25) is 4.79 Å². The zero-order valence-electron chi connectivity index (χ0n) is 17.3. The number of nitrogens with zero attached hydrogens (tertiary/aromatic N) is 1. The van der Waals surface area contributed by atoms with Crippen molar-refractivity contribution in [3.63, 3.8) is 0 Å². The number of hydrogen-bond donors (Lipinski definition) is 1. The predicted molar refractivity (Wildman–Crippen MR) is 112 cm³/mol. The lowest BCUT2D eigenvalue weighted by Gasteiger charge is -2.31. The fourth-order valence-electron chi connectivity index (χ4n) is 4.03. The van der Waals surface area contributed by atoms with Gasteiger partial charge >= 0.3 is 0 Å². The molecule has 156 valence electrons. The number of nitrogens with one attached hydrogen (secondary N) is 1. The lowest BCUT2D eigenvalue weighted by atomic mass is 9.97. The van der Waals surface area contributed by atoms with E-state index in [1.807, 2.05) is 39.8 Å². The molecule has 1 fully saturated rings. The summed E-state index contributed by atoms with van der Waals surface area (Å²) in [5, 5.41) is 2.65. The molecule has 3 rings (SSSR count). The quantitative estimate of drug-likeness (QED) is 0.813. The van der Waals surface area contributed by atoms with Gasteiger partial charge in [-0.1, -0.05) is 23.8 Å². The lowest BCUT2D eigenvalue weighted by Crippen LogP contribution is -2.41. The second-order valence-electron chi connectivity index (χ2n) is 7.88. The molecule has 0 atom stereocenters. The van der Waals surface area contributed by atoms with E-state index in [1.54, 1.807) is 12.1 Å². The third-order valence-electron chi connectivity index (χ3n) is 5.41. The van der Waals surface area contributed by atoms with Gasteiger partial charge in [0.05, 0.1) is 10.6 Å². The number of amides is 1. The average molecular weight is 419 g/mol. The van der Waals surface area contributed by atoms with Crippen LogP contribution >= 0.6 is 0 Å². The Kier molecular flexibility index (Phi) is 6.10. The third kappa shape index (κ3) is 4.51. The zero-order valence-corrected chi connectivity index (χ0v) is 18.1. The summed E-state index contributed by atoms with van der Waals surface area (Å²) in [5.74, 6) is -1.09. The predicted octanol–water partition coefficient (Wildman–Crippen LogP) is 4.10. The highest BCUT2D eigenvalue weighted by Gasteiger charge is 2.33. The molecule has 0 saturated carbocycles. The fraction of sp³-hybridized carbons (Fsp3) is 0.409. The van der Waals surface area contributed by atoms with Gasteiger partial charge < -0.3 is 5.32 Å². The largest absolute Gasteiger partial charge is 0.323 e. The van der Waals surface area contributed by atoms with Crippen molar-refractivity contribution in [1.82, 2.24) is 4.31 Å². The monoisotopic (exact) mass is 418 g/mol. The van der Waals surface area contributed by atoms with Gasteiger partial charge in [-0.2, -0.15) is 4.31 Å². The molecule has 0 radical (unpaired) electrons. The highest BCUT2D eigenvalue weighted by Crippen LogP contribution is 2.29. The molecular weight excluding hydrogens is 391 g/mol. The van der Waals surface area contributed by atoms with Crippen molar-refractivity contribution >= 4 is 21.6 Å². The van der Waals surface area contributed by atoms with Gasteiger partial charge in [-0.15, -0.1) is 0 Å². The van der Waals surface area contributed by atoms with Crippen LogP contribution < -0.4 is 5.32 Å². The standard InChI is InChI=1S/C22H27FN2O3S/c1-14-5-6-19(23)20(13-14)24-22(26)18-7-9-25(10-8-18)29(27,28)21-16(3)11-15(2)12-17(21)4/h5-6,11-13,18H,7-10H2,1-4H3,(H,24,26). The molecule has 0 unspecified atom stereocenters. The molecule has 2 aromatic rings. The van der Waals surface area contributed by atoms with Gasteiger partial charge in [0, 0.05) is 19.0 Å². The molecule has 1 aliphatic rings. The van der Waals surface area contributed by atoms with E-state index < -0.39 is 15.8 Å². The van der Waals surface area contributed by atoms with Crippen molar-refractivity contribution in [3.8, 4) is 0 Å². The molecule has 2 aromatic carbocycles. The van der Waals surface area contributed by atoms with Crippen LogP contribution in [0.4, 0.5) is 10.1 Å². The lowest BCUT2D eigenvalue weighted by molar-refractivity contribution is -0.120. The number of benzene rings is 2. The molecule has 5 nitrogen and oxygen atoms in total. The SMILES string of the molecule is Cc1cc(C)c(S(=O)(=O)N2CCC(C(=O)Nc3cc(C)ccc3F)CC2)c(C)c1. The van der Waals surface area contributed by atoms with Gasteiger partial charge in [-0.25, -0.2) is 12.8 Å². The number of hydrogen-bond acceptors (Lipinski definition) is 3. The average Bonchev–Trinajstić information content (AvgIpc) is 2.63. The van der Waals surface area contributed by atoms with E-state index in [2.05, 4.69) is 5.32 Å². The van der Waals surface area contributed by atoms with E-state index >= 15 is 0 Å². The minimum atomic E-state index is -3.62. The maximum absolute atomic E-state index is 13.9. The van der Waals surface area contributed by atoms with Crippen LogP contribution in [0.1, 0.15) is 35.1 Å². The van der Waals surface area contributed by atoms with Gasteiger partial charge in [0.1, 0.15) is 5.82 Å². The van der Waals surface area contributed by atoms with Gasteiger partial charge in [-0.05, 0) is 69.4 Å². The minimum absolute atomic E-state index is 0.163. The van der Waals surface area contributed by atoms with Crippen LogP contribution in [-0.4, -0.2) is 31.7 Å². The highest BCUT2D eigenvalue weighted by atomic mass is 32.2. The van der Waals surface area contributed by atoms with Crippen LogP contribution in [0.5, 0.6) is 0 Å². The molecule has 29 heavy (non-hydrogen) atoms. The molecule has 0 aliphatic carbocycles. The number of halogens is 1. The Morgan fingerprint density at radius 1 is 1.00 bits per heavy atom. The second kappa shape index (κ2) is 8.24. The summed E-state index contributed by atoms with van der Waals surface area (Å²) >= 11 is 0. The number of sulfonamides is 1. The molecule has 0 bridgehead atoms. The Labute approximate surface area is 172 Å². The van der Waals surface area contributed by atoms with Crippen LogP contribution in [0.2, 0.25) is 0 Å². The topological polar surface area (TPSA) is 66.5 Å². The van der Waals surface area contributed by atoms with Crippen LogP contribution in [-0.2, 0) is 14.8 Å². The van der Waals surface area contributed by atoms with Crippen molar-refractivity contribution in [2.24, 2.45) is 5.92 Å². The Bertz CT molecular complexity index is 1020. The first-order valence-corrected chi connectivity index (χ1v) is 11.2. The van der Waals surface area contributed by atoms with Crippen LogP contribution in [0.3, 0.4) is 0 Å². The van der Waals surface area contributed by atoms with Crippen LogP contribution in [0.25, 0.3) is 0 Å². The second-order valence-corrected chi connectivity index (χ2v) is 9.75. The first-order valence-electron chi connectivity index (χ1n) is 9.74. The summed E-state index contributed by atoms with van der Waals surface area (Å²) in [7, 11) is -3.62. The van der Waals surface area contributed by atoms with E-state index in [0.29, 0.717) is 17.7 Å². The van der Waals surface area contributed by atoms with Crippen LogP contribution in [0, 0.1) is 39.4 Å². The molecule has 1 aliphatic heterocycles. The highest BCUT2D eigenvalue weighted by molar-refractivity contribution is 7.89. The summed E-state index contributed by atoms with van der Waals surface area (Å²) in [4.78, 5) is 12.9. The Hall–Kier alpha value is -2.25. The summed E-state index contributed by atoms with van der Waals surface area (Å²) in [5.41, 5.74) is 3.51. The normalized spacial score (nSPS) is 16.0. The molecular formula is C22H27FN2O3S. The third-order valence-corrected chi connectivity index (χ3v) is 7.61. The summed E-state index contributed by atoms with van der Waals surface area (Å²) in [6, 6.07) is 8.30. The van der Waals surface area contributed by atoms with Crippen molar-refractivity contribution in [2.45, 2.75) is 45.4 Å². The van der Waals surface area contributed by atoms with Gasteiger partial charge in [0.25, 0.3) is 0 Å². The van der Waals surface area contributed by atoms with Crippen molar-refractivity contribution in [2.75, 3.05) is 18.4 Å². The molecule has 1 saturated heterocycles. The van der Waals surface area contributed by atoms with E-state index in [4.69, 9.17) is 0 Å². The number of carbonyl (C=O) groups is 1. The first kappa shape index (κ1) is 21.5. The molecule has 7 heteroatoms. The van der Waals surface area contributed by atoms with E-state index in [1.165, 1.54) is 10.4 Å². The number of rotatable bonds is 4. The van der Waals surface area contributed by atoms with Crippen molar-refractivity contribution < 1.29 is 17.6 Å². The van der Waals surface area contributed by atoms with Gasteiger partial charge in [0.15, 0.2) is 0 Å². The Morgan fingerprint density at radius 2 is 1.59 bits per heavy atom. The van der Waals surface area contributed by atoms with E-state index in [-0.39, 0.29) is 30.6 Å². The molecule has 1 N–H and O–H groups in total. The molecule has 1 amide bonds. The molecule has 0 aromatic heterocycles. The van der Waals surface area contributed by atoms with E-state index in [0.717, 1.165) is 22.3 Å². The number of anilines is 1. The first-order chi connectivity index (χ1) is 13.6. The fourth-order valence-corrected chi connectivity index (χ4v) is 5.91. The zero-order chi connectivity index (χ0) is 21.3. The minimum Gasteiger partial charge on any atom is -0.323 e. The van der Waals surface area contributed by atoms with E-state index in [9.17, 15) is 17.6 Å². The Morgan fingerprint density at radius 3 is 2.17 bits per heavy atom. The summed E-state index contributed by atoms with van der Waals surface area (Å²) in [6.45, 7) is 7.92. The number of carbonyl (C=O) groups excluding carboxylic acids is 1. The Balaban J connectivity index is 1.70. The molecule has 1 heterocycles. The van der Waals surface area contributed by atoms with Gasteiger partial charge in [0.2, 0.25) is 15.9 Å². The van der Waals surface area contributed by atoms with Crippen LogP contribution in [0.15, 0.2) is 35.2 Å². The molecule has 0 spiro atoms. The summed E-state index contributed by atoms with van der Waals surface area (Å²) < 4.78 is 41.7. The maximum atomic E-state index is 13.9. The number of piperidine rings is 1.